The number of imide groups is 1. The van der Waals surface area contributed by atoms with E-state index in [0.717, 1.165) is 24.2 Å². The predicted molar refractivity (Wildman–Crippen MR) is 111 cm³/mol. The number of esters is 1. The second kappa shape index (κ2) is 9.35. The fourth-order valence-electron chi connectivity index (χ4n) is 3.21. The quantitative estimate of drug-likeness (QED) is 0.409. The Morgan fingerprint density at radius 1 is 0.967 bits per heavy atom. The third-order valence-electron chi connectivity index (χ3n) is 4.96. The van der Waals surface area contributed by atoms with E-state index in [1.165, 1.54) is 6.92 Å². The summed E-state index contributed by atoms with van der Waals surface area (Å²) in [6.07, 6.45) is 2.88. The maximum absolute atomic E-state index is 12.6. The number of fused-ring (bicyclic) bond motifs is 1. The van der Waals surface area contributed by atoms with E-state index < -0.39 is 29.7 Å². The molecule has 1 unspecified atom stereocenters. The normalized spacial score (nSPS) is 13.7. The van der Waals surface area contributed by atoms with Crippen LogP contribution < -0.4 is 5.32 Å². The van der Waals surface area contributed by atoms with Crippen LogP contribution in [0.4, 0.5) is 5.69 Å². The van der Waals surface area contributed by atoms with Gasteiger partial charge in [-0.05, 0) is 49.7 Å². The monoisotopic (exact) mass is 408 g/mol. The van der Waals surface area contributed by atoms with Gasteiger partial charge in [-0.25, -0.2) is 4.79 Å². The lowest BCUT2D eigenvalue weighted by Gasteiger charge is -2.21. The van der Waals surface area contributed by atoms with Gasteiger partial charge in [0.25, 0.3) is 11.8 Å². The van der Waals surface area contributed by atoms with Crippen LogP contribution in [0.3, 0.4) is 0 Å². The molecule has 0 saturated heterocycles. The first-order chi connectivity index (χ1) is 14.4. The van der Waals surface area contributed by atoms with Gasteiger partial charge in [-0.3, -0.25) is 19.3 Å². The zero-order valence-corrected chi connectivity index (χ0v) is 17.0. The van der Waals surface area contributed by atoms with Crippen molar-refractivity contribution in [1.29, 1.82) is 0 Å². The van der Waals surface area contributed by atoms with Gasteiger partial charge < -0.3 is 10.1 Å². The molecular weight excluding hydrogens is 384 g/mol. The number of rotatable bonds is 8. The molecule has 2 aromatic carbocycles. The van der Waals surface area contributed by atoms with E-state index in [4.69, 9.17) is 4.74 Å². The molecule has 7 nitrogen and oxygen atoms in total. The highest BCUT2D eigenvalue weighted by atomic mass is 16.5. The number of ether oxygens (including phenoxy) is 1. The van der Waals surface area contributed by atoms with Gasteiger partial charge in [0, 0.05) is 5.69 Å². The van der Waals surface area contributed by atoms with Gasteiger partial charge in [0.2, 0.25) is 5.91 Å². The van der Waals surface area contributed by atoms with E-state index in [9.17, 15) is 19.2 Å². The molecule has 1 N–H and O–H groups in total. The van der Waals surface area contributed by atoms with Crippen LogP contribution in [0.25, 0.3) is 0 Å². The number of benzene rings is 2. The minimum Gasteiger partial charge on any atom is -0.462 e. The van der Waals surface area contributed by atoms with Gasteiger partial charge in [0.15, 0.2) is 0 Å². The molecule has 1 atom stereocenters. The summed E-state index contributed by atoms with van der Waals surface area (Å²) in [5, 5.41) is 2.68. The Morgan fingerprint density at radius 2 is 1.57 bits per heavy atom. The topological polar surface area (TPSA) is 92.8 Å². The molecule has 7 heteroatoms. The van der Waals surface area contributed by atoms with Crippen LogP contribution in [0.5, 0.6) is 0 Å². The molecule has 1 heterocycles. The van der Waals surface area contributed by atoms with Crippen LogP contribution in [0.1, 0.15) is 64.2 Å². The zero-order chi connectivity index (χ0) is 21.7. The summed E-state index contributed by atoms with van der Waals surface area (Å²) < 4.78 is 5.20. The largest absolute Gasteiger partial charge is 0.462 e. The summed E-state index contributed by atoms with van der Waals surface area (Å²) in [5.74, 6) is -1.89. The molecule has 0 fully saturated rings. The van der Waals surface area contributed by atoms with Gasteiger partial charge in [-0.2, -0.15) is 0 Å². The van der Waals surface area contributed by atoms with Crippen LogP contribution >= 0.6 is 0 Å². The highest BCUT2D eigenvalue weighted by Gasteiger charge is 2.40. The predicted octanol–water partition coefficient (Wildman–Crippen LogP) is 3.66. The van der Waals surface area contributed by atoms with Crippen molar-refractivity contribution in [2.45, 2.75) is 39.2 Å². The lowest BCUT2D eigenvalue weighted by atomic mass is 10.1. The average Bonchev–Trinajstić information content (AvgIpc) is 3.01. The van der Waals surface area contributed by atoms with Crippen molar-refractivity contribution >= 4 is 29.4 Å². The molecule has 156 valence electrons. The average molecular weight is 408 g/mol. The van der Waals surface area contributed by atoms with Crippen LogP contribution in [0.15, 0.2) is 48.5 Å². The van der Waals surface area contributed by atoms with Crippen molar-refractivity contribution in [3.63, 3.8) is 0 Å². The van der Waals surface area contributed by atoms with E-state index in [2.05, 4.69) is 12.2 Å². The highest BCUT2D eigenvalue weighted by Crippen LogP contribution is 2.25. The standard InChI is InChI=1S/C23H24N2O5/c1-3-4-7-14-30-23(29)16-10-12-17(13-11-16)24-20(26)15(2)25-21(27)18-8-5-6-9-19(18)22(25)28/h5-6,8-13,15H,3-4,7,14H2,1-2H3,(H,24,26). The van der Waals surface area contributed by atoms with Crippen LogP contribution in [-0.4, -0.2) is 41.2 Å². The lowest BCUT2D eigenvalue weighted by molar-refractivity contribution is -0.119. The molecule has 0 radical (unpaired) electrons. The number of hydrogen-bond acceptors (Lipinski definition) is 5. The minimum absolute atomic E-state index is 0.295. The van der Waals surface area contributed by atoms with Crippen molar-refractivity contribution in [1.82, 2.24) is 4.90 Å². The number of carbonyl (C=O) groups is 4. The van der Waals surface area contributed by atoms with Crippen LogP contribution in [0, 0.1) is 0 Å². The van der Waals surface area contributed by atoms with E-state index in [1.807, 2.05) is 0 Å². The molecule has 0 aromatic heterocycles. The summed E-state index contributed by atoms with van der Waals surface area (Å²) in [4.78, 5) is 50.6. The molecule has 3 rings (SSSR count). The maximum atomic E-state index is 12.6. The fourth-order valence-corrected chi connectivity index (χ4v) is 3.21. The number of hydrogen-bond donors (Lipinski definition) is 1. The zero-order valence-electron chi connectivity index (χ0n) is 17.0. The van der Waals surface area contributed by atoms with Crippen LogP contribution in [0.2, 0.25) is 0 Å². The Balaban J connectivity index is 1.60. The van der Waals surface area contributed by atoms with Crippen molar-refractivity contribution in [3.05, 3.63) is 65.2 Å². The first-order valence-corrected chi connectivity index (χ1v) is 9.99. The summed E-state index contributed by atoms with van der Waals surface area (Å²) in [6, 6.07) is 11.8. The first-order valence-electron chi connectivity index (χ1n) is 9.99. The molecule has 0 saturated carbocycles. The van der Waals surface area contributed by atoms with Crippen molar-refractivity contribution < 1.29 is 23.9 Å². The van der Waals surface area contributed by atoms with E-state index in [-0.39, 0.29) is 0 Å². The van der Waals surface area contributed by atoms with Gasteiger partial charge >= 0.3 is 5.97 Å². The Morgan fingerprint density at radius 3 is 2.13 bits per heavy atom. The summed E-state index contributed by atoms with van der Waals surface area (Å²) in [7, 11) is 0. The summed E-state index contributed by atoms with van der Waals surface area (Å²) in [6.45, 7) is 3.95. The van der Waals surface area contributed by atoms with Crippen LogP contribution in [-0.2, 0) is 9.53 Å². The van der Waals surface area contributed by atoms with Crippen molar-refractivity contribution in [3.8, 4) is 0 Å². The number of nitrogens with zero attached hydrogens (tertiary/aromatic N) is 1. The Bertz CT molecular complexity index is 933. The number of amides is 3. The molecule has 30 heavy (non-hydrogen) atoms. The van der Waals surface area contributed by atoms with Crippen molar-refractivity contribution in [2.75, 3.05) is 11.9 Å². The fraction of sp³-hybridized carbons (Fsp3) is 0.304. The third-order valence-corrected chi connectivity index (χ3v) is 4.96. The molecule has 0 bridgehead atoms. The summed E-state index contributed by atoms with van der Waals surface area (Å²) >= 11 is 0. The molecular formula is C23H24N2O5. The minimum atomic E-state index is -0.986. The Labute approximate surface area is 175 Å². The van der Waals surface area contributed by atoms with E-state index in [1.54, 1.807) is 48.5 Å². The van der Waals surface area contributed by atoms with Gasteiger partial charge in [0.05, 0.1) is 23.3 Å². The molecule has 0 aliphatic carbocycles. The number of anilines is 1. The van der Waals surface area contributed by atoms with Gasteiger partial charge in [0.1, 0.15) is 6.04 Å². The number of nitrogens with one attached hydrogen (secondary N) is 1. The number of carbonyl (C=O) groups excluding carboxylic acids is 4. The molecule has 1 aliphatic heterocycles. The molecule has 0 spiro atoms. The second-order valence-corrected chi connectivity index (χ2v) is 7.11. The Hall–Kier alpha value is -3.48. The lowest BCUT2D eigenvalue weighted by Crippen LogP contribution is -2.45. The first kappa shape index (κ1) is 21.2. The second-order valence-electron chi connectivity index (χ2n) is 7.11. The van der Waals surface area contributed by atoms with Gasteiger partial charge in [-0.1, -0.05) is 31.9 Å². The Kier molecular flexibility index (Phi) is 6.61. The van der Waals surface area contributed by atoms with E-state index >= 15 is 0 Å². The molecule has 3 amide bonds. The summed E-state index contributed by atoms with van der Waals surface area (Å²) in [5.41, 5.74) is 1.43. The molecule has 2 aromatic rings. The van der Waals surface area contributed by atoms with Gasteiger partial charge in [-0.15, -0.1) is 0 Å². The molecule has 1 aliphatic rings. The smallest absolute Gasteiger partial charge is 0.338 e. The highest BCUT2D eigenvalue weighted by molar-refractivity contribution is 6.23. The number of unbranched alkanes of at least 4 members (excludes halogenated alkanes) is 2. The maximum Gasteiger partial charge on any atom is 0.338 e. The van der Waals surface area contributed by atoms with E-state index in [0.29, 0.717) is 29.0 Å². The SMILES string of the molecule is CCCCCOC(=O)c1ccc(NC(=O)C(C)N2C(=O)c3ccccc3C2=O)cc1. The van der Waals surface area contributed by atoms with Crippen molar-refractivity contribution in [2.24, 2.45) is 0 Å². The third kappa shape index (κ3) is 4.40.